The van der Waals surface area contributed by atoms with Crippen molar-refractivity contribution in [1.29, 1.82) is 0 Å². The van der Waals surface area contributed by atoms with Crippen LogP contribution in [-0.4, -0.2) is 42.8 Å². The number of halogens is 1. The quantitative estimate of drug-likeness (QED) is 0.642. The highest BCUT2D eigenvalue weighted by atomic mass is 19.1. The summed E-state index contributed by atoms with van der Waals surface area (Å²) >= 11 is 0. The third kappa shape index (κ3) is 7.60. The van der Waals surface area contributed by atoms with Gasteiger partial charge in [-0.15, -0.1) is 0 Å². The van der Waals surface area contributed by atoms with E-state index in [4.69, 9.17) is 14.6 Å². The van der Waals surface area contributed by atoms with Crippen LogP contribution in [0.4, 0.5) is 4.39 Å². The van der Waals surface area contributed by atoms with Crippen molar-refractivity contribution >= 4 is 11.9 Å². The zero-order valence-electron chi connectivity index (χ0n) is 13.3. The second-order valence-corrected chi connectivity index (χ2v) is 5.52. The highest BCUT2D eigenvalue weighted by Gasteiger charge is 2.29. The summed E-state index contributed by atoms with van der Waals surface area (Å²) in [6, 6.07) is 5.62. The van der Waals surface area contributed by atoms with E-state index in [9.17, 15) is 14.0 Å². The van der Waals surface area contributed by atoms with Gasteiger partial charge in [0.2, 0.25) is 5.91 Å². The maximum Gasteiger partial charge on any atom is 0.305 e. The summed E-state index contributed by atoms with van der Waals surface area (Å²) in [7, 11) is 1.45. The van der Waals surface area contributed by atoms with Crippen molar-refractivity contribution in [2.24, 2.45) is 0 Å². The number of methoxy groups -OCH3 is 1. The summed E-state index contributed by atoms with van der Waals surface area (Å²) in [5.74, 6) is -1.09. The highest BCUT2D eigenvalue weighted by Crippen LogP contribution is 2.13. The number of hydrogen-bond acceptors (Lipinski definition) is 4. The lowest BCUT2D eigenvalue weighted by Crippen LogP contribution is -2.50. The number of aliphatic carboxylic acids is 1. The minimum absolute atomic E-state index is 0.108. The van der Waals surface area contributed by atoms with Gasteiger partial charge in [-0.25, -0.2) is 4.39 Å². The molecule has 0 spiro atoms. The van der Waals surface area contributed by atoms with E-state index in [1.165, 1.54) is 31.4 Å². The highest BCUT2D eigenvalue weighted by molar-refractivity contribution is 5.78. The lowest BCUT2D eigenvalue weighted by atomic mass is 9.98. The molecule has 0 radical (unpaired) electrons. The van der Waals surface area contributed by atoms with Crippen molar-refractivity contribution in [2.75, 3.05) is 20.3 Å². The number of carbonyl (C=O) groups excluding carboxylic acids is 1. The van der Waals surface area contributed by atoms with Gasteiger partial charge in [-0.2, -0.15) is 0 Å². The van der Waals surface area contributed by atoms with E-state index < -0.39 is 11.5 Å². The van der Waals surface area contributed by atoms with Gasteiger partial charge in [-0.1, -0.05) is 0 Å². The van der Waals surface area contributed by atoms with Gasteiger partial charge in [0.1, 0.15) is 11.6 Å². The molecule has 0 aliphatic carbocycles. The van der Waals surface area contributed by atoms with Gasteiger partial charge in [0, 0.05) is 13.5 Å². The average Bonchev–Trinajstić information content (AvgIpc) is 2.44. The molecule has 7 heteroatoms. The van der Waals surface area contributed by atoms with Crippen LogP contribution in [0.25, 0.3) is 0 Å². The minimum atomic E-state index is -1.01. The molecule has 1 aromatic rings. The van der Waals surface area contributed by atoms with Crippen LogP contribution in [0.5, 0.6) is 5.75 Å². The zero-order chi connectivity index (χ0) is 17.3. The predicted octanol–water partition coefficient (Wildman–Crippen LogP) is 1.98. The largest absolute Gasteiger partial charge is 0.494 e. The molecule has 0 aromatic heterocycles. The van der Waals surface area contributed by atoms with Crippen LogP contribution in [0.2, 0.25) is 0 Å². The molecule has 1 amide bonds. The van der Waals surface area contributed by atoms with Gasteiger partial charge < -0.3 is 19.9 Å². The molecule has 0 bridgehead atoms. The molecule has 1 atom stereocenters. The smallest absolute Gasteiger partial charge is 0.305 e. The fraction of sp³-hybridized carbons (Fsp3) is 0.500. The fourth-order valence-corrected chi connectivity index (χ4v) is 2.14. The van der Waals surface area contributed by atoms with E-state index in [1.54, 1.807) is 6.92 Å². The van der Waals surface area contributed by atoms with Gasteiger partial charge in [0.15, 0.2) is 0 Å². The maximum absolute atomic E-state index is 12.7. The minimum Gasteiger partial charge on any atom is -0.494 e. The average molecular weight is 327 g/mol. The number of rotatable bonds is 10. The second-order valence-electron chi connectivity index (χ2n) is 5.52. The Morgan fingerprint density at radius 1 is 1.30 bits per heavy atom. The number of carbonyl (C=O) groups is 2. The molecule has 2 N–H and O–H groups in total. The summed E-state index contributed by atoms with van der Waals surface area (Å²) in [5.41, 5.74) is -0.949. The van der Waals surface area contributed by atoms with Crippen molar-refractivity contribution in [2.45, 2.75) is 31.7 Å². The molecule has 0 aliphatic rings. The Morgan fingerprint density at radius 3 is 2.52 bits per heavy atom. The Hall–Kier alpha value is -2.15. The molecule has 128 valence electrons. The molecule has 0 heterocycles. The predicted molar refractivity (Wildman–Crippen MR) is 81.8 cm³/mol. The van der Waals surface area contributed by atoms with Crippen molar-refractivity contribution in [3.05, 3.63) is 30.1 Å². The number of carboxylic acids is 1. The number of ether oxygens (including phenoxy) is 2. The topological polar surface area (TPSA) is 84.9 Å². The molecule has 1 rings (SSSR count). The Bertz CT molecular complexity index is 520. The van der Waals surface area contributed by atoms with Gasteiger partial charge in [-0.3, -0.25) is 9.59 Å². The Kier molecular flexibility index (Phi) is 7.47. The molecule has 23 heavy (non-hydrogen) atoms. The first-order valence-electron chi connectivity index (χ1n) is 7.25. The SMILES string of the molecule is COCC(C)(CC(=O)O)NC(=O)CCCOc1ccc(F)cc1. The summed E-state index contributed by atoms with van der Waals surface area (Å²) in [5, 5.41) is 11.6. The van der Waals surface area contributed by atoms with E-state index in [1.807, 2.05) is 0 Å². The molecular formula is C16H22FNO5. The van der Waals surface area contributed by atoms with Gasteiger partial charge in [-0.05, 0) is 37.6 Å². The third-order valence-corrected chi connectivity index (χ3v) is 3.08. The summed E-state index contributed by atoms with van der Waals surface area (Å²) in [6.45, 7) is 2.04. The van der Waals surface area contributed by atoms with Gasteiger partial charge in [0.25, 0.3) is 0 Å². The van der Waals surface area contributed by atoms with Crippen LogP contribution in [0.15, 0.2) is 24.3 Å². The molecule has 1 unspecified atom stereocenters. The molecule has 1 aromatic carbocycles. The molecular weight excluding hydrogens is 305 g/mol. The van der Waals surface area contributed by atoms with Crippen molar-refractivity contribution < 1.29 is 28.6 Å². The van der Waals surface area contributed by atoms with Crippen LogP contribution in [-0.2, 0) is 14.3 Å². The standard InChI is InChI=1S/C16H22FNO5/c1-16(11-22-2,10-15(20)21)18-14(19)4-3-9-23-13-7-5-12(17)6-8-13/h5-8H,3-4,9-11H2,1-2H3,(H,18,19)(H,20,21). The number of hydrogen-bond donors (Lipinski definition) is 2. The van der Waals surface area contributed by atoms with Crippen LogP contribution in [0.1, 0.15) is 26.2 Å². The third-order valence-electron chi connectivity index (χ3n) is 3.08. The van der Waals surface area contributed by atoms with Crippen LogP contribution in [0.3, 0.4) is 0 Å². The molecule has 0 saturated heterocycles. The Morgan fingerprint density at radius 2 is 1.96 bits per heavy atom. The molecule has 0 saturated carbocycles. The lowest BCUT2D eigenvalue weighted by Gasteiger charge is -2.28. The van der Waals surface area contributed by atoms with Crippen molar-refractivity contribution in [1.82, 2.24) is 5.32 Å². The number of carboxylic acid groups (broad SMARTS) is 1. The zero-order valence-corrected chi connectivity index (χ0v) is 13.3. The summed E-state index contributed by atoms with van der Waals surface area (Å²) < 4.78 is 23.1. The Balaban J connectivity index is 2.34. The van der Waals surface area contributed by atoms with Crippen LogP contribution in [0, 0.1) is 5.82 Å². The summed E-state index contributed by atoms with van der Waals surface area (Å²) in [6.07, 6.45) is 0.429. The monoisotopic (exact) mass is 327 g/mol. The van der Waals surface area contributed by atoms with E-state index in [0.717, 1.165) is 0 Å². The normalized spacial score (nSPS) is 13.2. The van der Waals surface area contributed by atoms with Crippen LogP contribution < -0.4 is 10.1 Å². The molecule has 0 aliphatic heterocycles. The van der Waals surface area contributed by atoms with E-state index in [2.05, 4.69) is 5.32 Å². The maximum atomic E-state index is 12.7. The fourth-order valence-electron chi connectivity index (χ4n) is 2.14. The van der Waals surface area contributed by atoms with E-state index in [-0.39, 0.29) is 31.2 Å². The van der Waals surface area contributed by atoms with E-state index >= 15 is 0 Å². The summed E-state index contributed by atoms with van der Waals surface area (Å²) in [4.78, 5) is 22.8. The first-order chi connectivity index (χ1) is 10.8. The van der Waals surface area contributed by atoms with Gasteiger partial charge >= 0.3 is 5.97 Å². The molecule has 6 nitrogen and oxygen atoms in total. The second kappa shape index (κ2) is 9.09. The van der Waals surface area contributed by atoms with Crippen molar-refractivity contribution in [3.8, 4) is 5.75 Å². The number of amides is 1. The first kappa shape index (κ1) is 18.9. The van der Waals surface area contributed by atoms with Crippen molar-refractivity contribution in [3.63, 3.8) is 0 Å². The Labute approximate surface area is 134 Å². The first-order valence-corrected chi connectivity index (χ1v) is 7.25. The number of nitrogens with one attached hydrogen (secondary N) is 1. The van der Waals surface area contributed by atoms with Gasteiger partial charge in [0.05, 0.1) is 25.2 Å². The lowest BCUT2D eigenvalue weighted by molar-refractivity contribution is -0.139. The van der Waals surface area contributed by atoms with E-state index in [0.29, 0.717) is 18.8 Å². The number of benzene rings is 1. The molecule has 0 fully saturated rings. The van der Waals surface area contributed by atoms with Crippen LogP contribution >= 0.6 is 0 Å².